The third-order valence-electron chi connectivity index (χ3n) is 8.23. The van der Waals surface area contributed by atoms with E-state index in [0.717, 1.165) is 35.0 Å². The Morgan fingerprint density at radius 1 is 1.25 bits per heavy atom. The zero-order chi connectivity index (χ0) is 28.2. The quantitative estimate of drug-likeness (QED) is 0.278. The number of nitrogens with two attached hydrogens (primary N) is 1. The van der Waals surface area contributed by atoms with Crippen molar-refractivity contribution < 1.29 is 14.7 Å². The van der Waals surface area contributed by atoms with Gasteiger partial charge in [0.15, 0.2) is 11.7 Å². The number of aromatic nitrogens is 1. The van der Waals surface area contributed by atoms with Crippen LogP contribution >= 0.6 is 0 Å². The van der Waals surface area contributed by atoms with E-state index in [2.05, 4.69) is 64.3 Å². The Hall–Kier alpha value is -3.31. The molecule has 0 bridgehead atoms. The van der Waals surface area contributed by atoms with Crippen LogP contribution in [0.5, 0.6) is 0 Å². The molecule has 1 aromatic heterocycles. The summed E-state index contributed by atoms with van der Waals surface area (Å²) in [5, 5.41) is 13.4. The molecule has 5 rings (SSSR count). The molecular formula is C30H41N7O3. The van der Waals surface area contributed by atoms with E-state index in [1.807, 2.05) is 24.3 Å². The number of ether oxygens (including phenoxy) is 1. The molecule has 0 spiro atoms. The molecule has 10 heteroatoms. The highest BCUT2D eigenvalue weighted by Gasteiger charge is 2.46. The van der Waals surface area contributed by atoms with Crippen molar-refractivity contribution in [1.82, 2.24) is 20.7 Å². The SMILES string of the molecule is C=C1N[C@@H](C(OC)c2ccccn2)N(CC2CCC(C)CC2)C1[C@H](N=C(N)C1=N[C@H](O)ON1)c1cccc(C)c1. The van der Waals surface area contributed by atoms with Crippen molar-refractivity contribution in [3.63, 3.8) is 0 Å². The first-order valence-corrected chi connectivity index (χ1v) is 14.1. The normalized spacial score (nSPS) is 29.0. The molecule has 2 aliphatic heterocycles. The van der Waals surface area contributed by atoms with Crippen molar-refractivity contribution in [2.45, 2.75) is 70.3 Å². The number of aliphatic imine (C=N–C) groups is 2. The number of amidine groups is 2. The van der Waals surface area contributed by atoms with E-state index < -0.39 is 12.5 Å². The fraction of sp³-hybridized carbons (Fsp3) is 0.500. The van der Waals surface area contributed by atoms with E-state index in [-0.39, 0.29) is 30.0 Å². The first-order chi connectivity index (χ1) is 19.3. The maximum Gasteiger partial charge on any atom is 0.280 e. The highest BCUT2D eigenvalue weighted by molar-refractivity contribution is 6.39. The summed E-state index contributed by atoms with van der Waals surface area (Å²) in [5.41, 5.74) is 12.8. The minimum atomic E-state index is -1.32. The number of hydrogen-bond donors (Lipinski definition) is 4. The van der Waals surface area contributed by atoms with Gasteiger partial charge in [0, 0.05) is 25.5 Å². The summed E-state index contributed by atoms with van der Waals surface area (Å²) >= 11 is 0. The Morgan fingerprint density at radius 3 is 2.70 bits per heavy atom. The number of benzene rings is 1. The van der Waals surface area contributed by atoms with Crippen LogP contribution in [-0.4, -0.2) is 58.9 Å². The van der Waals surface area contributed by atoms with Crippen molar-refractivity contribution in [3.05, 3.63) is 77.8 Å². The van der Waals surface area contributed by atoms with Gasteiger partial charge in [-0.25, -0.2) is 15.3 Å². The van der Waals surface area contributed by atoms with Gasteiger partial charge in [-0.15, -0.1) is 0 Å². The minimum absolute atomic E-state index is 0.152. The van der Waals surface area contributed by atoms with Gasteiger partial charge in [0.05, 0.1) is 17.8 Å². The molecule has 10 nitrogen and oxygen atoms in total. The highest BCUT2D eigenvalue weighted by atomic mass is 16.7. The third-order valence-corrected chi connectivity index (χ3v) is 8.23. The molecule has 5 atom stereocenters. The summed E-state index contributed by atoms with van der Waals surface area (Å²) in [6.07, 6.45) is 4.78. The van der Waals surface area contributed by atoms with E-state index in [9.17, 15) is 5.11 Å². The number of aliphatic hydroxyl groups excluding tert-OH is 1. The van der Waals surface area contributed by atoms with Crippen LogP contribution in [0.15, 0.2) is 70.9 Å². The first-order valence-electron chi connectivity index (χ1n) is 14.1. The molecule has 1 aromatic carbocycles. The van der Waals surface area contributed by atoms with Crippen LogP contribution in [0, 0.1) is 18.8 Å². The summed E-state index contributed by atoms with van der Waals surface area (Å²) in [6, 6.07) is 13.5. The van der Waals surface area contributed by atoms with Crippen molar-refractivity contribution in [2.75, 3.05) is 13.7 Å². The monoisotopic (exact) mass is 547 g/mol. The van der Waals surface area contributed by atoms with Gasteiger partial charge in [-0.05, 0) is 49.3 Å². The Morgan fingerprint density at radius 2 is 2.05 bits per heavy atom. The second kappa shape index (κ2) is 12.5. The van der Waals surface area contributed by atoms with Gasteiger partial charge >= 0.3 is 0 Å². The van der Waals surface area contributed by atoms with E-state index in [0.29, 0.717) is 5.92 Å². The molecule has 0 radical (unpaired) electrons. The largest absolute Gasteiger partial charge is 0.381 e. The summed E-state index contributed by atoms with van der Waals surface area (Å²) in [4.78, 5) is 21.0. The van der Waals surface area contributed by atoms with Gasteiger partial charge in [-0.2, -0.15) is 0 Å². The second-order valence-electron chi connectivity index (χ2n) is 11.2. The summed E-state index contributed by atoms with van der Waals surface area (Å²) in [6.45, 7) is 9.75. The number of hydrogen-bond acceptors (Lipinski definition) is 9. The van der Waals surface area contributed by atoms with Crippen LogP contribution in [0.4, 0.5) is 0 Å². The van der Waals surface area contributed by atoms with Gasteiger partial charge in [-0.3, -0.25) is 14.9 Å². The molecule has 0 amide bonds. The zero-order valence-electron chi connectivity index (χ0n) is 23.5. The molecule has 2 aromatic rings. The van der Waals surface area contributed by atoms with Crippen LogP contribution in [0.1, 0.15) is 61.6 Å². The molecule has 3 aliphatic rings. The highest BCUT2D eigenvalue weighted by Crippen LogP contribution is 2.40. The van der Waals surface area contributed by atoms with E-state index in [1.54, 1.807) is 13.3 Å². The maximum absolute atomic E-state index is 9.73. The van der Waals surface area contributed by atoms with Gasteiger partial charge in [0.25, 0.3) is 6.41 Å². The molecule has 5 N–H and O–H groups in total. The van der Waals surface area contributed by atoms with Crippen molar-refractivity contribution in [3.8, 4) is 0 Å². The molecule has 40 heavy (non-hydrogen) atoms. The Kier molecular flexibility index (Phi) is 8.80. The number of rotatable bonds is 9. The fourth-order valence-corrected chi connectivity index (χ4v) is 6.13. The lowest BCUT2D eigenvalue weighted by molar-refractivity contribution is -0.102. The molecule has 1 saturated heterocycles. The molecule has 214 valence electrons. The Bertz CT molecular complexity index is 1230. The minimum Gasteiger partial charge on any atom is -0.381 e. The number of nitrogens with one attached hydrogen (secondary N) is 2. The van der Waals surface area contributed by atoms with E-state index in [1.165, 1.54) is 25.7 Å². The van der Waals surface area contributed by atoms with Crippen molar-refractivity contribution in [2.24, 2.45) is 27.6 Å². The summed E-state index contributed by atoms with van der Waals surface area (Å²) < 4.78 is 6.09. The number of aliphatic hydroxyl groups is 1. The number of methoxy groups -OCH3 is 1. The standard InChI is InChI=1S/C30H41N7O3/c1-18-11-13-21(14-12-18)17-37-25(20(3)33-29(37)26(39-4)23-10-5-6-15-32-23)24(22-9-7-8-19(2)16-22)34-27(31)28-35-30(38)40-36-28/h5-10,15-16,18,21,24-26,29-30,33,38H,3,11-14,17H2,1-2,4H3,(H2,31,34)(H,35,36)/t18?,21?,24-,25?,26?,29-,30-/m1/s1. The predicted octanol–water partition coefficient (Wildman–Crippen LogP) is 3.33. The lowest BCUT2D eigenvalue weighted by atomic mass is 9.82. The van der Waals surface area contributed by atoms with Crippen molar-refractivity contribution >= 4 is 11.7 Å². The maximum atomic E-state index is 9.73. The van der Waals surface area contributed by atoms with Crippen LogP contribution in [0.3, 0.4) is 0 Å². The summed E-state index contributed by atoms with van der Waals surface area (Å²) in [7, 11) is 1.72. The summed E-state index contributed by atoms with van der Waals surface area (Å²) in [5.74, 6) is 1.66. The second-order valence-corrected chi connectivity index (χ2v) is 11.2. The van der Waals surface area contributed by atoms with Crippen LogP contribution in [-0.2, 0) is 9.57 Å². The lowest BCUT2D eigenvalue weighted by Gasteiger charge is -2.38. The third kappa shape index (κ3) is 6.20. The van der Waals surface area contributed by atoms with Crippen LogP contribution < -0.4 is 16.5 Å². The van der Waals surface area contributed by atoms with Crippen LogP contribution in [0.2, 0.25) is 0 Å². The van der Waals surface area contributed by atoms with Gasteiger partial charge in [0.1, 0.15) is 12.3 Å². The topological polar surface area (TPSA) is 130 Å². The molecule has 3 heterocycles. The smallest absolute Gasteiger partial charge is 0.280 e. The molecular weight excluding hydrogens is 506 g/mol. The predicted molar refractivity (Wildman–Crippen MR) is 155 cm³/mol. The first kappa shape index (κ1) is 28.2. The molecule has 2 fully saturated rings. The number of nitrogens with zero attached hydrogens (tertiary/aromatic N) is 4. The molecule has 1 saturated carbocycles. The average molecular weight is 548 g/mol. The van der Waals surface area contributed by atoms with Gasteiger partial charge in [0.2, 0.25) is 0 Å². The Balaban J connectivity index is 1.56. The van der Waals surface area contributed by atoms with E-state index >= 15 is 0 Å². The zero-order valence-corrected chi connectivity index (χ0v) is 23.5. The number of hydroxylamine groups is 1. The lowest BCUT2D eigenvalue weighted by Crippen LogP contribution is -2.48. The molecule has 2 unspecified atom stereocenters. The fourth-order valence-electron chi connectivity index (χ4n) is 6.13. The molecule has 1 aliphatic carbocycles. The van der Waals surface area contributed by atoms with Crippen LogP contribution in [0.25, 0.3) is 0 Å². The number of pyridine rings is 1. The number of aryl methyl sites for hydroxylation is 1. The van der Waals surface area contributed by atoms with Gasteiger partial charge < -0.3 is 20.9 Å². The van der Waals surface area contributed by atoms with Gasteiger partial charge in [-0.1, -0.05) is 62.2 Å². The Labute approximate surface area is 236 Å². The van der Waals surface area contributed by atoms with Crippen molar-refractivity contribution in [1.29, 1.82) is 0 Å². The van der Waals surface area contributed by atoms with E-state index in [4.69, 9.17) is 20.3 Å². The average Bonchev–Trinajstić information content (AvgIpc) is 3.52.